The Balaban J connectivity index is 1.48. The van der Waals surface area contributed by atoms with Crippen molar-refractivity contribution in [1.82, 2.24) is 14.9 Å². The zero-order valence-electron chi connectivity index (χ0n) is 17.5. The van der Waals surface area contributed by atoms with E-state index in [2.05, 4.69) is 10.6 Å². The summed E-state index contributed by atoms with van der Waals surface area (Å²) in [6.45, 7) is 1.72. The van der Waals surface area contributed by atoms with E-state index in [1.54, 1.807) is 12.1 Å². The summed E-state index contributed by atoms with van der Waals surface area (Å²) in [5.74, 6) is -1.24. The predicted molar refractivity (Wildman–Crippen MR) is 110 cm³/mol. The molecule has 1 saturated carbocycles. The number of hydrogen-bond acceptors (Lipinski definition) is 7. The molecule has 170 valence electrons. The molecule has 31 heavy (non-hydrogen) atoms. The Bertz CT molecular complexity index is 921. The van der Waals surface area contributed by atoms with Crippen molar-refractivity contribution in [1.29, 1.82) is 0 Å². The first kappa shape index (κ1) is 23.0. The van der Waals surface area contributed by atoms with Gasteiger partial charge in [-0.25, -0.2) is 13.2 Å². The monoisotopic (exact) mass is 453 g/mol. The second kappa shape index (κ2) is 9.65. The quantitative estimate of drug-likeness (QED) is 0.589. The zero-order chi connectivity index (χ0) is 22.6. The van der Waals surface area contributed by atoms with Crippen molar-refractivity contribution in [3.8, 4) is 5.75 Å². The van der Waals surface area contributed by atoms with Crippen molar-refractivity contribution in [3.05, 3.63) is 24.3 Å². The van der Waals surface area contributed by atoms with Gasteiger partial charge in [0.05, 0.1) is 17.9 Å². The number of imide groups is 1. The average molecular weight is 454 g/mol. The number of carbonyl (C=O) groups is 3. The van der Waals surface area contributed by atoms with E-state index in [-0.39, 0.29) is 36.9 Å². The van der Waals surface area contributed by atoms with Gasteiger partial charge in [-0.05, 0) is 56.9 Å². The van der Waals surface area contributed by atoms with Crippen LogP contribution in [0.5, 0.6) is 5.75 Å². The maximum atomic E-state index is 12.8. The van der Waals surface area contributed by atoms with E-state index < -0.39 is 40.0 Å². The van der Waals surface area contributed by atoms with Gasteiger partial charge in [-0.2, -0.15) is 4.31 Å². The van der Waals surface area contributed by atoms with Crippen LogP contribution in [0, 0.1) is 5.92 Å². The second-order valence-corrected chi connectivity index (χ2v) is 9.61. The van der Waals surface area contributed by atoms with Crippen molar-refractivity contribution in [2.75, 3.05) is 20.2 Å². The number of nitrogens with one attached hydrogen (secondary N) is 2. The molecule has 2 fully saturated rings. The fourth-order valence-corrected chi connectivity index (χ4v) is 4.68. The smallest absolute Gasteiger partial charge is 0.321 e. The molecular formula is C20H27N3O7S. The third kappa shape index (κ3) is 5.95. The number of benzene rings is 1. The maximum Gasteiger partial charge on any atom is 0.321 e. The topological polar surface area (TPSA) is 131 Å². The number of amides is 3. The van der Waals surface area contributed by atoms with Crippen molar-refractivity contribution in [2.24, 2.45) is 5.92 Å². The number of carbonyl (C=O) groups excluding carboxylic acids is 3. The summed E-state index contributed by atoms with van der Waals surface area (Å²) in [5, 5.41) is 4.76. The van der Waals surface area contributed by atoms with Crippen LogP contribution >= 0.6 is 0 Å². The Hall–Kier alpha value is -2.66. The lowest BCUT2D eigenvalue weighted by Gasteiger charge is -2.30. The molecule has 3 amide bonds. The van der Waals surface area contributed by atoms with Crippen LogP contribution in [0.3, 0.4) is 0 Å². The average Bonchev–Trinajstić information content (AvgIpc) is 3.57. The molecule has 0 bridgehead atoms. The highest BCUT2D eigenvalue weighted by atomic mass is 32.2. The van der Waals surface area contributed by atoms with Crippen LogP contribution in [0.2, 0.25) is 0 Å². The van der Waals surface area contributed by atoms with Gasteiger partial charge >= 0.3 is 12.0 Å². The lowest BCUT2D eigenvalue weighted by Crippen LogP contribution is -2.46. The molecule has 1 aromatic carbocycles. The molecule has 2 N–H and O–H groups in total. The predicted octanol–water partition coefficient (Wildman–Crippen LogP) is 1.02. The molecular weight excluding hydrogens is 426 g/mol. The van der Waals surface area contributed by atoms with E-state index in [1.807, 2.05) is 0 Å². The molecule has 0 radical (unpaired) electrons. The van der Waals surface area contributed by atoms with Crippen LogP contribution in [0.1, 0.15) is 32.6 Å². The number of urea groups is 1. The Morgan fingerprint density at radius 2 is 1.68 bits per heavy atom. The van der Waals surface area contributed by atoms with Gasteiger partial charge in [0.1, 0.15) is 5.75 Å². The zero-order valence-corrected chi connectivity index (χ0v) is 18.3. The number of methoxy groups -OCH3 is 1. The summed E-state index contributed by atoms with van der Waals surface area (Å²) >= 11 is 0. The lowest BCUT2D eigenvalue weighted by molar-refractivity contribution is -0.159. The van der Waals surface area contributed by atoms with E-state index >= 15 is 0 Å². The largest absolute Gasteiger partial charge is 0.497 e. The Morgan fingerprint density at radius 3 is 2.23 bits per heavy atom. The Morgan fingerprint density at radius 1 is 1.06 bits per heavy atom. The molecule has 1 atom stereocenters. The van der Waals surface area contributed by atoms with Gasteiger partial charge in [-0.1, -0.05) is 0 Å². The van der Waals surface area contributed by atoms with E-state index in [0.29, 0.717) is 5.75 Å². The van der Waals surface area contributed by atoms with Crippen molar-refractivity contribution in [3.63, 3.8) is 0 Å². The van der Waals surface area contributed by atoms with Crippen LogP contribution in [-0.4, -0.2) is 63.0 Å². The molecule has 3 rings (SSSR count). The number of sulfonamides is 1. The molecule has 1 unspecified atom stereocenters. The van der Waals surface area contributed by atoms with Crippen LogP contribution in [0.15, 0.2) is 29.2 Å². The molecule has 11 heteroatoms. The van der Waals surface area contributed by atoms with Crippen molar-refractivity contribution >= 4 is 27.9 Å². The van der Waals surface area contributed by atoms with Gasteiger partial charge < -0.3 is 14.8 Å². The highest BCUT2D eigenvalue weighted by molar-refractivity contribution is 7.89. The number of rotatable bonds is 7. The maximum absolute atomic E-state index is 12.8. The van der Waals surface area contributed by atoms with Gasteiger partial charge in [0.25, 0.3) is 5.91 Å². The fraction of sp³-hybridized carbons (Fsp3) is 0.550. The summed E-state index contributed by atoms with van der Waals surface area (Å²) in [5.41, 5.74) is 0. The number of ether oxygens (including phenoxy) is 2. The first-order valence-corrected chi connectivity index (χ1v) is 11.6. The molecule has 1 aromatic rings. The molecule has 10 nitrogen and oxygen atoms in total. The van der Waals surface area contributed by atoms with E-state index in [1.165, 1.54) is 30.5 Å². The lowest BCUT2D eigenvalue weighted by atomic mass is 9.98. The third-order valence-electron chi connectivity index (χ3n) is 5.30. The fourth-order valence-electron chi connectivity index (χ4n) is 3.22. The van der Waals surface area contributed by atoms with Crippen molar-refractivity contribution in [2.45, 2.75) is 49.6 Å². The van der Waals surface area contributed by atoms with Crippen molar-refractivity contribution < 1.29 is 32.3 Å². The van der Waals surface area contributed by atoms with E-state index in [4.69, 9.17) is 9.47 Å². The van der Waals surface area contributed by atoms with E-state index in [0.717, 1.165) is 12.8 Å². The molecule has 0 aromatic heterocycles. The van der Waals surface area contributed by atoms with Gasteiger partial charge in [-0.15, -0.1) is 0 Å². The Kier molecular flexibility index (Phi) is 7.16. The highest BCUT2D eigenvalue weighted by Crippen LogP contribution is 2.26. The van der Waals surface area contributed by atoms with Crippen LogP contribution < -0.4 is 15.4 Å². The summed E-state index contributed by atoms with van der Waals surface area (Å²) in [6.07, 6.45) is 1.21. The third-order valence-corrected chi connectivity index (χ3v) is 7.21. The molecule has 1 heterocycles. The van der Waals surface area contributed by atoms with Gasteiger partial charge in [0.15, 0.2) is 6.10 Å². The first-order chi connectivity index (χ1) is 14.7. The van der Waals surface area contributed by atoms with Crippen LogP contribution in [0.4, 0.5) is 4.79 Å². The number of hydrogen-bond donors (Lipinski definition) is 2. The second-order valence-electron chi connectivity index (χ2n) is 7.67. The standard InChI is InChI=1S/C20H27N3O7S/c1-13(18(24)22-20(26)21-15-3-4-15)30-19(25)14-9-11-23(12-10-14)31(27,28)17-7-5-16(29-2)6-8-17/h5-8,13-15H,3-4,9-12H2,1-2H3,(H2,21,22,24,26). The normalized spacial score (nSPS) is 18.6. The van der Waals surface area contributed by atoms with Crippen LogP contribution in [0.25, 0.3) is 0 Å². The Labute approximate surface area is 181 Å². The number of esters is 1. The molecule has 2 aliphatic rings. The summed E-state index contributed by atoms with van der Waals surface area (Å²) < 4.78 is 37.2. The van der Waals surface area contributed by atoms with Gasteiger partial charge in [0, 0.05) is 19.1 Å². The minimum atomic E-state index is -3.67. The number of piperidine rings is 1. The van der Waals surface area contributed by atoms with Crippen LogP contribution in [-0.2, 0) is 24.3 Å². The molecule has 1 aliphatic heterocycles. The minimum Gasteiger partial charge on any atom is -0.497 e. The van der Waals surface area contributed by atoms with E-state index in [9.17, 15) is 22.8 Å². The minimum absolute atomic E-state index is 0.102. The first-order valence-electron chi connectivity index (χ1n) is 10.2. The van der Waals surface area contributed by atoms with Gasteiger partial charge in [0.2, 0.25) is 10.0 Å². The van der Waals surface area contributed by atoms with Gasteiger partial charge in [-0.3, -0.25) is 14.9 Å². The number of nitrogens with zero attached hydrogens (tertiary/aromatic N) is 1. The molecule has 1 saturated heterocycles. The summed E-state index contributed by atoms with van der Waals surface area (Å²) in [4.78, 5) is 36.2. The highest BCUT2D eigenvalue weighted by Gasteiger charge is 2.34. The summed E-state index contributed by atoms with van der Waals surface area (Å²) in [6, 6.07) is 5.61. The molecule has 1 aliphatic carbocycles. The SMILES string of the molecule is COc1ccc(S(=O)(=O)N2CCC(C(=O)OC(C)C(=O)NC(=O)NC3CC3)CC2)cc1. The molecule has 0 spiro atoms. The summed E-state index contributed by atoms with van der Waals surface area (Å²) in [7, 11) is -2.17.